The van der Waals surface area contributed by atoms with Crippen molar-refractivity contribution in [2.24, 2.45) is 5.92 Å². The summed E-state index contributed by atoms with van der Waals surface area (Å²) in [5.74, 6) is 1.35. The summed E-state index contributed by atoms with van der Waals surface area (Å²) in [6.07, 6.45) is 2.47. The minimum atomic E-state index is 0.0685. The highest BCUT2D eigenvalue weighted by molar-refractivity contribution is 6.29. The number of hydrogen-bond donors (Lipinski definition) is 2. The van der Waals surface area contributed by atoms with E-state index in [2.05, 4.69) is 20.3 Å². The quantitative estimate of drug-likeness (QED) is 0.798. The van der Waals surface area contributed by atoms with E-state index in [-0.39, 0.29) is 12.5 Å². The van der Waals surface area contributed by atoms with Crippen molar-refractivity contribution < 1.29 is 5.11 Å². The van der Waals surface area contributed by atoms with Crippen molar-refractivity contribution in [2.75, 3.05) is 18.5 Å². The monoisotopic (exact) mass is 292 g/mol. The highest BCUT2D eigenvalue weighted by Crippen LogP contribution is 2.13. The zero-order valence-corrected chi connectivity index (χ0v) is 12.0. The van der Waals surface area contributed by atoms with Crippen LogP contribution in [0.4, 0.5) is 5.82 Å². The van der Waals surface area contributed by atoms with Crippen LogP contribution in [-0.2, 0) is 6.42 Å². The summed E-state index contributed by atoms with van der Waals surface area (Å²) in [6.45, 7) is 2.47. The number of nitrogens with zero attached hydrogens (tertiary/aromatic N) is 3. The molecule has 2 N–H and O–H groups in total. The standard InChI is InChI=1S/C14H17ClN4O/c1-10-18-13(15)7-14(19-10)17-8-11(9-20)6-12-4-2-3-5-16-12/h2-5,7,11,20H,6,8-9H2,1H3,(H,17,18,19). The van der Waals surface area contributed by atoms with Gasteiger partial charge >= 0.3 is 0 Å². The first-order valence-electron chi connectivity index (χ1n) is 6.43. The van der Waals surface area contributed by atoms with Gasteiger partial charge in [0.05, 0.1) is 0 Å². The third-order valence-electron chi connectivity index (χ3n) is 2.86. The van der Waals surface area contributed by atoms with E-state index < -0.39 is 0 Å². The van der Waals surface area contributed by atoms with E-state index in [4.69, 9.17) is 11.6 Å². The van der Waals surface area contributed by atoms with E-state index >= 15 is 0 Å². The van der Waals surface area contributed by atoms with Gasteiger partial charge in [-0.2, -0.15) is 0 Å². The maximum absolute atomic E-state index is 9.45. The molecule has 0 saturated heterocycles. The van der Waals surface area contributed by atoms with Crippen LogP contribution in [0, 0.1) is 12.8 Å². The molecule has 0 spiro atoms. The van der Waals surface area contributed by atoms with Gasteiger partial charge in [-0.3, -0.25) is 4.98 Å². The van der Waals surface area contributed by atoms with Crippen molar-refractivity contribution in [3.8, 4) is 0 Å². The van der Waals surface area contributed by atoms with Crippen LogP contribution in [-0.4, -0.2) is 33.2 Å². The Hall–Kier alpha value is -1.72. The molecular formula is C14H17ClN4O. The van der Waals surface area contributed by atoms with Crippen LogP contribution in [0.3, 0.4) is 0 Å². The van der Waals surface area contributed by atoms with Gasteiger partial charge in [0.2, 0.25) is 0 Å². The first kappa shape index (κ1) is 14.7. The third kappa shape index (κ3) is 4.43. The van der Waals surface area contributed by atoms with Gasteiger partial charge in [0.15, 0.2) is 0 Å². The molecule has 1 atom stereocenters. The molecule has 6 heteroatoms. The number of anilines is 1. The lowest BCUT2D eigenvalue weighted by Gasteiger charge is -2.15. The molecule has 2 aromatic rings. The Balaban J connectivity index is 1.93. The molecule has 0 aliphatic carbocycles. The largest absolute Gasteiger partial charge is 0.396 e. The SMILES string of the molecule is Cc1nc(Cl)cc(NCC(CO)Cc2ccccn2)n1. The van der Waals surface area contributed by atoms with Gasteiger partial charge in [-0.1, -0.05) is 17.7 Å². The van der Waals surface area contributed by atoms with Crippen molar-refractivity contribution in [1.29, 1.82) is 0 Å². The van der Waals surface area contributed by atoms with Crippen LogP contribution < -0.4 is 5.32 Å². The molecule has 0 bridgehead atoms. The number of rotatable bonds is 6. The van der Waals surface area contributed by atoms with Crippen LogP contribution in [0.5, 0.6) is 0 Å². The number of aromatic nitrogens is 3. The fourth-order valence-electron chi connectivity index (χ4n) is 1.89. The van der Waals surface area contributed by atoms with E-state index in [1.54, 1.807) is 19.2 Å². The Labute approximate surface area is 123 Å². The summed E-state index contributed by atoms with van der Waals surface area (Å²) in [5, 5.41) is 13.0. The van der Waals surface area contributed by atoms with Crippen LogP contribution >= 0.6 is 11.6 Å². The number of aliphatic hydroxyl groups is 1. The summed E-state index contributed by atoms with van der Waals surface area (Å²) >= 11 is 5.88. The van der Waals surface area contributed by atoms with Crippen LogP contribution in [0.1, 0.15) is 11.5 Å². The van der Waals surface area contributed by atoms with Gasteiger partial charge in [-0.25, -0.2) is 9.97 Å². The molecule has 0 aliphatic heterocycles. The Morgan fingerprint density at radius 3 is 2.85 bits per heavy atom. The maximum atomic E-state index is 9.45. The second-order valence-corrected chi connectivity index (χ2v) is 4.97. The number of nitrogens with one attached hydrogen (secondary N) is 1. The number of halogens is 1. The lowest BCUT2D eigenvalue weighted by atomic mass is 10.0. The third-order valence-corrected chi connectivity index (χ3v) is 3.05. The average Bonchev–Trinajstić information content (AvgIpc) is 2.43. The second-order valence-electron chi connectivity index (χ2n) is 4.58. The Morgan fingerprint density at radius 1 is 1.35 bits per heavy atom. The maximum Gasteiger partial charge on any atom is 0.134 e. The number of aliphatic hydroxyl groups excluding tert-OH is 1. The van der Waals surface area contributed by atoms with E-state index in [0.717, 1.165) is 5.69 Å². The van der Waals surface area contributed by atoms with E-state index in [1.165, 1.54) is 0 Å². The molecule has 5 nitrogen and oxygen atoms in total. The number of hydrogen-bond acceptors (Lipinski definition) is 5. The topological polar surface area (TPSA) is 70.9 Å². The molecule has 20 heavy (non-hydrogen) atoms. The summed E-state index contributed by atoms with van der Waals surface area (Å²) in [4.78, 5) is 12.5. The van der Waals surface area contributed by atoms with Crippen molar-refractivity contribution in [1.82, 2.24) is 15.0 Å². The van der Waals surface area contributed by atoms with Gasteiger partial charge in [0.1, 0.15) is 16.8 Å². The van der Waals surface area contributed by atoms with Crippen molar-refractivity contribution in [2.45, 2.75) is 13.3 Å². The Kier molecular flexibility index (Phi) is 5.26. The van der Waals surface area contributed by atoms with Gasteiger partial charge in [-0.05, 0) is 25.5 Å². The molecule has 0 radical (unpaired) electrons. The normalized spacial score (nSPS) is 12.2. The lowest BCUT2D eigenvalue weighted by Crippen LogP contribution is -2.21. The highest BCUT2D eigenvalue weighted by atomic mass is 35.5. The van der Waals surface area contributed by atoms with Gasteiger partial charge in [0.25, 0.3) is 0 Å². The summed E-state index contributed by atoms with van der Waals surface area (Å²) in [5.41, 5.74) is 0.963. The van der Waals surface area contributed by atoms with E-state index in [9.17, 15) is 5.11 Å². The molecule has 0 aromatic carbocycles. The van der Waals surface area contributed by atoms with E-state index in [0.29, 0.717) is 29.8 Å². The molecule has 0 saturated carbocycles. The zero-order valence-electron chi connectivity index (χ0n) is 11.3. The first-order valence-corrected chi connectivity index (χ1v) is 6.81. The molecule has 2 heterocycles. The number of pyridine rings is 1. The Bertz CT molecular complexity index is 530. The van der Waals surface area contributed by atoms with Crippen molar-refractivity contribution in [3.05, 3.63) is 47.1 Å². The highest BCUT2D eigenvalue weighted by Gasteiger charge is 2.10. The first-order chi connectivity index (χ1) is 9.67. The predicted octanol–water partition coefficient (Wildman–Crippen LogP) is 2.10. The fourth-order valence-corrected chi connectivity index (χ4v) is 2.11. The summed E-state index contributed by atoms with van der Waals surface area (Å²) in [6, 6.07) is 7.44. The molecule has 0 amide bonds. The lowest BCUT2D eigenvalue weighted by molar-refractivity contribution is 0.232. The average molecular weight is 293 g/mol. The smallest absolute Gasteiger partial charge is 0.134 e. The van der Waals surface area contributed by atoms with E-state index in [1.807, 2.05) is 18.2 Å². The minimum Gasteiger partial charge on any atom is -0.396 e. The molecule has 2 rings (SSSR count). The van der Waals surface area contributed by atoms with Crippen LogP contribution in [0.15, 0.2) is 30.5 Å². The fraction of sp³-hybridized carbons (Fsp3) is 0.357. The Morgan fingerprint density at radius 2 is 2.20 bits per heavy atom. The van der Waals surface area contributed by atoms with Crippen LogP contribution in [0.25, 0.3) is 0 Å². The van der Waals surface area contributed by atoms with Gasteiger partial charge in [0, 0.05) is 37.0 Å². The van der Waals surface area contributed by atoms with Crippen LogP contribution in [0.2, 0.25) is 5.15 Å². The van der Waals surface area contributed by atoms with Gasteiger partial charge in [-0.15, -0.1) is 0 Å². The molecular weight excluding hydrogens is 276 g/mol. The van der Waals surface area contributed by atoms with Gasteiger partial charge < -0.3 is 10.4 Å². The molecule has 106 valence electrons. The molecule has 2 aromatic heterocycles. The summed E-state index contributed by atoms with van der Waals surface area (Å²) < 4.78 is 0. The second kappa shape index (κ2) is 7.17. The number of aryl methyl sites for hydroxylation is 1. The van der Waals surface area contributed by atoms with Crippen molar-refractivity contribution in [3.63, 3.8) is 0 Å². The predicted molar refractivity (Wildman–Crippen MR) is 78.8 cm³/mol. The molecule has 1 unspecified atom stereocenters. The molecule has 0 fully saturated rings. The zero-order chi connectivity index (χ0) is 14.4. The van der Waals surface area contributed by atoms with Crippen molar-refractivity contribution >= 4 is 17.4 Å². The summed E-state index contributed by atoms with van der Waals surface area (Å²) in [7, 11) is 0. The minimum absolute atomic E-state index is 0.0685. The molecule has 0 aliphatic rings.